The molecule has 2 heterocycles. The Kier molecular flexibility index (Phi) is 7.16. The summed E-state index contributed by atoms with van der Waals surface area (Å²) in [5.41, 5.74) is -1.16. The summed E-state index contributed by atoms with van der Waals surface area (Å²) in [7, 11) is 0. The first-order valence-electron chi connectivity index (χ1n) is 11.9. The van der Waals surface area contributed by atoms with Crippen LogP contribution in [0.4, 0.5) is 17.6 Å². The summed E-state index contributed by atoms with van der Waals surface area (Å²) in [6.45, 7) is 1.15. The Morgan fingerprint density at radius 3 is 2.38 bits per heavy atom. The zero-order valence-electron chi connectivity index (χ0n) is 20.6. The number of nitrogens with zero attached hydrogens (tertiary/aromatic N) is 4. The van der Waals surface area contributed by atoms with Gasteiger partial charge in [-0.05, 0) is 42.5 Å². The van der Waals surface area contributed by atoms with E-state index in [-0.39, 0.29) is 30.0 Å². The second-order valence-corrected chi connectivity index (χ2v) is 8.99. The minimum Gasteiger partial charge on any atom is -0.489 e. The van der Waals surface area contributed by atoms with E-state index in [9.17, 15) is 22.7 Å². The average Bonchev–Trinajstić information content (AvgIpc) is 3.61. The minimum atomic E-state index is -1.90. The first-order valence-corrected chi connectivity index (χ1v) is 11.9. The molecule has 0 aliphatic heterocycles. The maximum absolute atomic E-state index is 14.8. The lowest BCUT2D eigenvalue weighted by atomic mass is 9.80. The van der Waals surface area contributed by atoms with Crippen LogP contribution in [0.1, 0.15) is 29.7 Å². The standard InChI is InChI=1S/C28H22F4N4O3/c1-17(28(37,14-36-16-33-15-34-36)22-10-7-19(29)11-25(22)32)27-12-26(35-39-27)18-5-8-20(9-6-18)38-13-21-23(30)3-2-4-24(21)31/h2-12,15-17,37H,13-14H2,1H3/t17-,28+/m0/s1. The number of hydrogen-bond donors (Lipinski definition) is 1. The zero-order valence-corrected chi connectivity index (χ0v) is 20.6. The van der Waals surface area contributed by atoms with Crippen molar-refractivity contribution in [1.82, 2.24) is 19.9 Å². The summed E-state index contributed by atoms with van der Waals surface area (Å²) < 4.78 is 68.5. The number of hydrogen-bond acceptors (Lipinski definition) is 6. The molecule has 1 N–H and O–H groups in total. The van der Waals surface area contributed by atoms with Gasteiger partial charge in [0.25, 0.3) is 0 Å². The molecule has 0 unspecified atom stereocenters. The maximum atomic E-state index is 14.8. The van der Waals surface area contributed by atoms with Crippen LogP contribution in [0, 0.1) is 23.3 Å². The molecule has 7 nitrogen and oxygen atoms in total. The Bertz CT molecular complexity index is 1550. The molecule has 0 aliphatic rings. The van der Waals surface area contributed by atoms with Crippen molar-refractivity contribution in [3.05, 3.63) is 120 Å². The van der Waals surface area contributed by atoms with Crippen molar-refractivity contribution in [2.45, 2.75) is 31.6 Å². The lowest BCUT2D eigenvalue weighted by molar-refractivity contribution is -0.0181. The molecule has 0 bridgehead atoms. The fourth-order valence-electron chi connectivity index (χ4n) is 4.27. The minimum absolute atomic E-state index is 0.141. The summed E-state index contributed by atoms with van der Waals surface area (Å²) in [5.74, 6) is -3.31. The van der Waals surface area contributed by atoms with Gasteiger partial charge in [-0.1, -0.05) is 24.2 Å². The molecule has 0 saturated carbocycles. The Morgan fingerprint density at radius 1 is 0.974 bits per heavy atom. The number of ether oxygens (including phenoxy) is 1. The smallest absolute Gasteiger partial charge is 0.143 e. The summed E-state index contributed by atoms with van der Waals surface area (Å²) in [6.07, 6.45) is 2.65. The van der Waals surface area contributed by atoms with Crippen LogP contribution in [0.25, 0.3) is 11.3 Å². The third kappa shape index (κ3) is 5.39. The quantitative estimate of drug-likeness (QED) is 0.240. The van der Waals surface area contributed by atoms with E-state index in [2.05, 4.69) is 15.2 Å². The summed E-state index contributed by atoms with van der Waals surface area (Å²) in [6, 6.07) is 14.7. The van der Waals surface area contributed by atoms with Crippen molar-refractivity contribution in [3.63, 3.8) is 0 Å². The molecule has 39 heavy (non-hydrogen) atoms. The van der Waals surface area contributed by atoms with Crippen LogP contribution in [0.5, 0.6) is 5.75 Å². The van der Waals surface area contributed by atoms with Crippen molar-refractivity contribution < 1.29 is 31.9 Å². The third-order valence-corrected chi connectivity index (χ3v) is 6.53. The highest BCUT2D eigenvalue weighted by atomic mass is 19.1. The van der Waals surface area contributed by atoms with Crippen molar-refractivity contribution in [1.29, 1.82) is 0 Å². The van der Waals surface area contributed by atoms with Crippen molar-refractivity contribution in [2.75, 3.05) is 0 Å². The van der Waals surface area contributed by atoms with E-state index in [0.717, 1.165) is 18.2 Å². The van der Waals surface area contributed by atoms with E-state index >= 15 is 0 Å². The third-order valence-electron chi connectivity index (χ3n) is 6.53. The topological polar surface area (TPSA) is 86.2 Å². The molecule has 0 spiro atoms. The molecule has 5 aromatic rings. The Morgan fingerprint density at radius 2 is 1.72 bits per heavy atom. The van der Waals surface area contributed by atoms with Gasteiger partial charge in [0.2, 0.25) is 0 Å². The molecule has 0 aliphatic carbocycles. The molecule has 2 atom stereocenters. The molecule has 2 aromatic heterocycles. The summed E-state index contributed by atoms with van der Waals surface area (Å²) in [5, 5.41) is 19.8. The highest BCUT2D eigenvalue weighted by molar-refractivity contribution is 5.60. The van der Waals surface area contributed by atoms with Crippen LogP contribution in [-0.4, -0.2) is 25.0 Å². The SMILES string of the molecule is C[C@@H](c1cc(-c2ccc(OCc3c(F)cccc3F)cc2)no1)[C@](O)(Cn1cncn1)c1ccc(F)cc1F. The van der Waals surface area contributed by atoms with Crippen molar-refractivity contribution >= 4 is 0 Å². The van der Waals surface area contributed by atoms with Crippen molar-refractivity contribution in [2.24, 2.45) is 0 Å². The van der Waals surface area contributed by atoms with Gasteiger partial charge in [0.15, 0.2) is 0 Å². The van der Waals surface area contributed by atoms with E-state index in [1.54, 1.807) is 37.3 Å². The molecule has 0 saturated heterocycles. The van der Waals surface area contributed by atoms with Gasteiger partial charge in [-0.2, -0.15) is 5.10 Å². The van der Waals surface area contributed by atoms with Gasteiger partial charge in [-0.25, -0.2) is 27.2 Å². The second-order valence-electron chi connectivity index (χ2n) is 8.99. The second kappa shape index (κ2) is 10.7. The highest BCUT2D eigenvalue weighted by Crippen LogP contribution is 2.40. The number of benzene rings is 3. The largest absolute Gasteiger partial charge is 0.489 e. The Hall–Kier alpha value is -4.51. The van der Waals surface area contributed by atoms with Gasteiger partial charge in [-0.3, -0.25) is 0 Å². The Balaban J connectivity index is 1.37. The van der Waals surface area contributed by atoms with Gasteiger partial charge in [0.1, 0.15) is 65.3 Å². The van der Waals surface area contributed by atoms with Crippen LogP contribution in [-0.2, 0) is 18.8 Å². The number of halogens is 4. The number of aromatic nitrogens is 4. The molecule has 3 aromatic carbocycles. The molecular formula is C28H22F4N4O3. The zero-order chi connectivity index (χ0) is 27.6. The normalized spacial score (nSPS) is 13.7. The first-order chi connectivity index (χ1) is 18.7. The molecule has 0 amide bonds. The van der Waals surface area contributed by atoms with Crippen LogP contribution in [0.3, 0.4) is 0 Å². The van der Waals surface area contributed by atoms with Gasteiger partial charge in [0, 0.05) is 23.3 Å². The predicted molar refractivity (Wildman–Crippen MR) is 131 cm³/mol. The molecule has 0 fully saturated rings. The van der Waals surface area contributed by atoms with Crippen LogP contribution >= 0.6 is 0 Å². The van der Waals surface area contributed by atoms with E-state index in [4.69, 9.17) is 9.26 Å². The van der Waals surface area contributed by atoms with Gasteiger partial charge in [-0.15, -0.1) is 0 Å². The maximum Gasteiger partial charge on any atom is 0.143 e. The summed E-state index contributed by atoms with van der Waals surface area (Å²) in [4.78, 5) is 3.86. The Labute approximate surface area is 220 Å². The van der Waals surface area contributed by atoms with Crippen LogP contribution in [0.2, 0.25) is 0 Å². The molecule has 0 radical (unpaired) electrons. The average molecular weight is 539 g/mol. The monoisotopic (exact) mass is 538 g/mol. The van der Waals surface area contributed by atoms with Crippen LogP contribution < -0.4 is 4.74 Å². The highest BCUT2D eigenvalue weighted by Gasteiger charge is 2.42. The molecule has 11 heteroatoms. The molecular weight excluding hydrogens is 516 g/mol. The lowest BCUT2D eigenvalue weighted by Crippen LogP contribution is -2.38. The van der Waals surface area contributed by atoms with E-state index in [1.807, 2.05) is 0 Å². The molecule has 5 rings (SSSR count). The van der Waals surface area contributed by atoms with Gasteiger partial charge < -0.3 is 14.4 Å². The van der Waals surface area contributed by atoms with Crippen LogP contribution in [0.15, 0.2) is 83.9 Å². The van der Waals surface area contributed by atoms with Gasteiger partial charge >= 0.3 is 0 Å². The first kappa shape index (κ1) is 26.1. The number of rotatable bonds is 9. The fraction of sp³-hybridized carbons (Fsp3) is 0.179. The van der Waals surface area contributed by atoms with Gasteiger partial charge in [0.05, 0.1) is 18.0 Å². The molecule has 200 valence electrons. The van der Waals surface area contributed by atoms with Crippen molar-refractivity contribution in [3.8, 4) is 17.0 Å². The van der Waals surface area contributed by atoms with E-state index in [0.29, 0.717) is 23.1 Å². The number of aliphatic hydroxyl groups is 1. The van der Waals surface area contributed by atoms with E-state index in [1.165, 1.54) is 29.5 Å². The lowest BCUT2D eigenvalue weighted by Gasteiger charge is -2.33. The fourth-order valence-corrected chi connectivity index (χ4v) is 4.27. The predicted octanol–water partition coefficient (Wildman–Crippen LogP) is 5.76. The van der Waals surface area contributed by atoms with E-state index < -0.39 is 34.8 Å². The summed E-state index contributed by atoms with van der Waals surface area (Å²) >= 11 is 0.